The van der Waals surface area contributed by atoms with E-state index in [4.69, 9.17) is 11.6 Å². The third kappa shape index (κ3) is 3.84. The number of esters is 1. The van der Waals surface area contributed by atoms with Crippen LogP contribution in [0.3, 0.4) is 0 Å². The van der Waals surface area contributed by atoms with E-state index in [0.29, 0.717) is 5.56 Å². The average molecular weight is 257 g/mol. The number of hydrogen-bond donors (Lipinski definition) is 0. The van der Waals surface area contributed by atoms with E-state index < -0.39 is 10.9 Å². The molecule has 7 heteroatoms. The van der Waals surface area contributed by atoms with Crippen LogP contribution in [-0.2, 0) is 9.53 Å². The second kappa shape index (κ2) is 5.95. The summed E-state index contributed by atoms with van der Waals surface area (Å²) in [7, 11) is 0. The Hall–Kier alpha value is -1.95. The Morgan fingerprint density at radius 1 is 1.71 bits per heavy atom. The fourth-order valence-electron chi connectivity index (χ4n) is 1.03. The highest BCUT2D eigenvalue weighted by molar-refractivity contribution is 6.31. The van der Waals surface area contributed by atoms with Gasteiger partial charge in [0.05, 0.1) is 11.5 Å². The molecule has 0 N–H and O–H groups in total. The normalized spacial score (nSPS) is 10.5. The van der Waals surface area contributed by atoms with Crippen LogP contribution in [0.5, 0.6) is 0 Å². The molecule has 0 unspecified atom stereocenters. The van der Waals surface area contributed by atoms with Gasteiger partial charge in [-0.05, 0) is 18.6 Å². The molecule has 1 heterocycles. The Kier molecular flexibility index (Phi) is 4.59. The lowest BCUT2D eigenvalue weighted by Crippen LogP contribution is -1.98. The molecule has 0 saturated heterocycles. The third-order valence-corrected chi connectivity index (χ3v) is 2.03. The second-order valence-corrected chi connectivity index (χ2v) is 3.28. The molecular weight excluding hydrogens is 248 g/mol. The van der Waals surface area contributed by atoms with Crippen molar-refractivity contribution in [3.05, 3.63) is 39.2 Å². The summed E-state index contributed by atoms with van der Waals surface area (Å²) in [5.74, 6) is -0.523. The van der Waals surface area contributed by atoms with Crippen LogP contribution in [0.4, 0.5) is 5.69 Å². The first-order chi connectivity index (χ1) is 8.04. The summed E-state index contributed by atoms with van der Waals surface area (Å²) in [5, 5.41) is 10.4. The molecule has 1 aromatic rings. The number of nitrogens with zero attached hydrogens (tertiary/aromatic N) is 2. The molecule has 0 aliphatic rings. The van der Waals surface area contributed by atoms with E-state index in [1.54, 1.807) is 6.92 Å². The zero-order chi connectivity index (χ0) is 12.8. The van der Waals surface area contributed by atoms with Crippen molar-refractivity contribution >= 4 is 29.3 Å². The molecule has 0 fully saturated rings. The maximum Gasteiger partial charge on any atom is 0.330 e. The molecule has 0 amide bonds. The number of halogens is 1. The summed E-state index contributed by atoms with van der Waals surface area (Å²) >= 11 is 5.54. The highest BCUT2D eigenvalue weighted by Crippen LogP contribution is 2.22. The van der Waals surface area contributed by atoms with Gasteiger partial charge < -0.3 is 4.74 Å². The van der Waals surface area contributed by atoms with Crippen molar-refractivity contribution in [3.8, 4) is 0 Å². The first-order valence-electron chi connectivity index (χ1n) is 4.69. The van der Waals surface area contributed by atoms with E-state index >= 15 is 0 Å². The molecule has 1 rings (SSSR count). The largest absolute Gasteiger partial charge is 0.463 e. The minimum atomic E-state index is -0.642. The number of carbonyl (C=O) groups is 1. The van der Waals surface area contributed by atoms with E-state index in [-0.39, 0.29) is 17.4 Å². The van der Waals surface area contributed by atoms with Crippen molar-refractivity contribution in [3.63, 3.8) is 0 Å². The maximum atomic E-state index is 11.0. The first kappa shape index (κ1) is 13.1. The van der Waals surface area contributed by atoms with Gasteiger partial charge in [0.25, 0.3) is 0 Å². The molecule has 0 bridgehead atoms. The Balaban J connectivity index is 2.89. The highest BCUT2D eigenvalue weighted by atomic mass is 35.5. The third-order valence-electron chi connectivity index (χ3n) is 1.74. The number of rotatable bonds is 4. The van der Waals surface area contributed by atoms with Gasteiger partial charge in [-0.15, -0.1) is 0 Å². The van der Waals surface area contributed by atoms with Crippen LogP contribution in [0, 0.1) is 10.1 Å². The number of pyridine rings is 1. The molecule has 0 aromatic carbocycles. The monoisotopic (exact) mass is 256 g/mol. The van der Waals surface area contributed by atoms with Gasteiger partial charge in [0.1, 0.15) is 0 Å². The summed E-state index contributed by atoms with van der Waals surface area (Å²) in [6, 6.07) is 1.23. The number of carbonyl (C=O) groups excluding carboxylic acids is 1. The zero-order valence-corrected chi connectivity index (χ0v) is 9.68. The molecule has 0 spiro atoms. The number of nitro groups is 1. The number of aromatic nitrogens is 1. The van der Waals surface area contributed by atoms with Gasteiger partial charge in [-0.3, -0.25) is 10.1 Å². The van der Waals surface area contributed by atoms with Crippen LogP contribution in [0.2, 0.25) is 5.15 Å². The van der Waals surface area contributed by atoms with Crippen LogP contribution in [0.1, 0.15) is 12.5 Å². The van der Waals surface area contributed by atoms with E-state index in [1.807, 2.05) is 0 Å². The molecule has 0 radical (unpaired) electrons. The van der Waals surface area contributed by atoms with Crippen LogP contribution in [-0.4, -0.2) is 22.5 Å². The van der Waals surface area contributed by atoms with Crippen LogP contribution in [0.15, 0.2) is 18.3 Å². The fourth-order valence-corrected chi connectivity index (χ4v) is 1.20. The van der Waals surface area contributed by atoms with Crippen molar-refractivity contribution in [2.45, 2.75) is 6.92 Å². The summed E-state index contributed by atoms with van der Waals surface area (Å²) in [4.78, 5) is 24.6. The Morgan fingerprint density at radius 2 is 2.41 bits per heavy atom. The van der Waals surface area contributed by atoms with E-state index in [1.165, 1.54) is 18.3 Å². The minimum Gasteiger partial charge on any atom is -0.463 e. The quantitative estimate of drug-likeness (QED) is 0.271. The van der Waals surface area contributed by atoms with Crippen molar-refractivity contribution in [1.29, 1.82) is 0 Å². The molecule has 0 saturated carbocycles. The molecule has 90 valence electrons. The standard InChI is InChI=1S/C10H9ClN2O4/c1-2-17-9(14)4-3-7-5-8(13(15)16)10(11)12-6-7/h3-6H,2H2,1H3. The van der Waals surface area contributed by atoms with Crippen LogP contribution in [0.25, 0.3) is 6.08 Å². The summed E-state index contributed by atoms with van der Waals surface area (Å²) in [6.07, 6.45) is 3.86. The molecular formula is C10H9ClN2O4. The van der Waals surface area contributed by atoms with Gasteiger partial charge >= 0.3 is 11.7 Å². The molecule has 0 atom stereocenters. The van der Waals surface area contributed by atoms with E-state index in [9.17, 15) is 14.9 Å². The van der Waals surface area contributed by atoms with Gasteiger partial charge in [-0.2, -0.15) is 0 Å². The summed E-state index contributed by atoms with van der Waals surface area (Å²) in [6.45, 7) is 1.95. The number of ether oxygens (including phenoxy) is 1. The molecule has 0 aliphatic carbocycles. The molecule has 1 aromatic heterocycles. The van der Waals surface area contributed by atoms with E-state index in [2.05, 4.69) is 9.72 Å². The van der Waals surface area contributed by atoms with Crippen molar-refractivity contribution in [2.24, 2.45) is 0 Å². The highest BCUT2D eigenvalue weighted by Gasteiger charge is 2.13. The SMILES string of the molecule is CCOC(=O)C=Cc1cnc(Cl)c([N+](=O)[O-])c1. The first-order valence-corrected chi connectivity index (χ1v) is 5.07. The fraction of sp³-hybridized carbons (Fsp3) is 0.200. The molecule has 0 aliphatic heterocycles. The summed E-state index contributed by atoms with van der Waals surface area (Å²) in [5.41, 5.74) is 0.0897. The van der Waals surface area contributed by atoms with Gasteiger partial charge in [0.15, 0.2) is 0 Å². The van der Waals surface area contributed by atoms with Gasteiger partial charge in [0, 0.05) is 18.3 Å². The zero-order valence-electron chi connectivity index (χ0n) is 8.92. The van der Waals surface area contributed by atoms with E-state index in [0.717, 1.165) is 6.08 Å². The Labute approximate surface area is 102 Å². The second-order valence-electron chi connectivity index (χ2n) is 2.92. The summed E-state index contributed by atoms with van der Waals surface area (Å²) < 4.78 is 4.66. The number of hydrogen-bond acceptors (Lipinski definition) is 5. The van der Waals surface area contributed by atoms with Crippen LogP contribution < -0.4 is 0 Å². The van der Waals surface area contributed by atoms with Crippen molar-refractivity contribution < 1.29 is 14.5 Å². The lowest BCUT2D eigenvalue weighted by molar-refractivity contribution is -0.385. The minimum absolute atomic E-state index is 0.191. The Morgan fingerprint density at radius 3 is 3.00 bits per heavy atom. The lowest BCUT2D eigenvalue weighted by atomic mass is 10.2. The van der Waals surface area contributed by atoms with Crippen molar-refractivity contribution in [1.82, 2.24) is 4.98 Å². The maximum absolute atomic E-state index is 11.0. The van der Waals surface area contributed by atoms with Gasteiger partial charge in [-0.1, -0.05) is 11.6 Å². The molecule has 6 nitrogen and oxygen atoms in total. The van der Waals surface area contributed by atoms with Crippen molar-refractivity contribution in [2.75, 3.05) is 6.61 Å². The Bertz CT molecular complexity index is 473. The lowest BCUT2D eigenvalue weighted by Gasteiger charge is -1.97. The molecule has 17 heavy (non-hydrogen) atoms. The van der Waals surface area contributed by atoms with Crippen LogP contribution >= 0.6 is 11.6 Å². The predicted molar refractivity (Wildman–Crippen MR) is 61.6 cm³/mol. The van der Waals surface area contributed by atoms with Gasteiger partial charge in [-0.25, -0.2) is 9.78 Å². The topological polar surface area (TPSA) is 82.3 Å². The average Bonchev–Trinajstić information content (AvgIpc) is 2.28. The van der Waals surface area contributed by atoms with Gasteiger partial charge in [0.2, 0.25) is 5.15 Å². The smallest absolute Gasteiger partial charge is 0.330 e. The predicted octanol–water partition coefficient (Wildman–Crippen LogP) is 2.22.